The molecular formula is C14H21NOS. The van der Waals surface area contributed by atoms with Crippen molar-refractivity contribution in [3.63, 3.8) is 0 Å². The lowest BCUT2D eigenvalue weighted by Crippen LogP contribution is -2.34. The van der Waals surface area contributed by atoms with Crippen molar-refractivity contribution in [3.05, 3.63) is 35.9 Å². The van der Waals surface area contributed by atoms with Gasteiger partial charge in [-0.2, -0.15) is 0 Å². The van der Waals surface area contributed by atoms with Crippen molar-refractivity contribution in [3.8, 4) is 0 Å². The number of hydrogen-bond donors (Lipinski definition) is 0. The highest BCUT2D eigenvalue weighted by Crippen LogP contribution is 2.21. The first-order valence-electron chi connectivity index (χ1n) is 6.21. The topological polar surface area (TPSA) is 12.5 Å². The van der Waals surface area contributed by atoms with Gasteiger partial charge in [0.25, 0.3) is 0 Å². The van der Waals surface area contributed by atoms with Crippen molar-refractivity contribution in [2.45, 2.75) is 25.6 Å². The molecule has 2 nitrogen and oxygen atoms in total. The van der Waals surface area contributed by atoms with Gasteiger partial charge in [-0.25, -0.2) is 0 Å². The van der Waals surface area contributed by atoms with Crippen LogP contribution >= 0.6 is 11.8 Å². The van der Waals surface area contributed by atoms with E-state index in [2.05, 4.69) is 49.1 Å². The van der Waals surface area contributed by atoms with Crippen LogP contribution in [0.3, 0.4) is 0 Å². The van der Waals surface area contributed by atoms with E-state index in [0.29, 0.717) is 12.0 Å². The van der Waals surface area contributed by atoms with Gasteiger partial charge in [-0.15, -0.1) is 11.8 Å². The van der Waals surface area contributed by atoms with Gasteiger partial charge in [0.05, 0.1) is 6.61 Å². The highest BCUT2D eigenvalue weighted by Gasteiger charge is 2.27. The molecule has 0 aliphatic carbocycles. The van der Waals surface area contributed by atoms with E-state index >= 15 is 0 Å². The molecule has 1 saturated heterocycles. The van der Waals surface area contributed by atoms with Crippen molar-refractivity contribution < 1.29 is 4.74 Å². The molecule has 0 amide bonds. The molecule has 1 fully saturated rings. The van der Waals surface area contributed by atoms with Crippen LogP contribution in [-0.4, -0.2) is 30.2 Å². The van der Waals surface area contributed by atoms with Crippen LogP contribution in [0.1, 0.15) is 19.4 Å². The maximum atomic E-state index is 5.55. The van der Waals surface area contributed by atoms with Crippen LogP contribution < -0.4 is 0 Å². The number of thioether (sulfide) groups is 1. The number of rotatable bonds is 5. The second-order valence-electron chi connectivity index (χ2n) is 4.86. The molecular weight excluding hydrogens is 230 g/mol. The Kier molecular flexibility index (Phi) is 4.89. The molecule has 1 aliphatic rings. The molecule has 17 heavy (non-hydrogen) atoms. The molecule has 1 aliphatic heterocycles. The van der Waals surface area contributed by atoms with Gasteiger partial charge in [0.15, 0.2) is 0 Å². The predicted molar refractivity (Wildman–Crippen MR) is 73.9 cm³/mol. The van der Waals surface area contributed by atoms with E-state index in [9.17, 15) is 0 Å². The van der Waals surface area contributed by atoms with Gasteiger partial charge in [0.2, 0.25) is 0 Å². The van der Waals surface area contributed by atoms with Gasteiger partial charge in [-0.05, 0) is 11.5 Å². The standard InChI is InChI=1S/C14H21NOS/c1-12(2)14-8-16-10-15(14)11-17-9-13-6-4-3-5-7-13/h3-7,12,14H,8-11H2,1-2H3/t14-/m0/s1. The summed E-state index contributed by atoms with van der Waals surface area (Å²) >= 11 is 1.97. The van der Waals surface area contributed by atoms with Crippen molar-refractivity contribution in [2.24, 2.45) is 5.92 Å². The van der Waals surface area contributed by atoms with E-state index in [4.69, 9.17) is 4.74 Å². The fraction of sp³-hybridized carbons (Fsp3) is 0.571. The number of hydrogen-bond acceptors (Lipinski definition) is 3. The van der Waals surface area contributed by atoms with Crippen LogP contribution in [0.4, 0.5) is 0 Å². The van der Waals surface area contributed by atoms with Gasteiger partial charge in [-0.3, -0.25) is 4.90 Å². The minimum Gasteiger partial charge on any atom is -0.364 e. The van der Waals surface area contributed by atoms with E-state index in [1.165, 1.54) is 5.56 Å². The zero-order valence-corrected chi connectivity index (χ0v) is 11.5. The summed E-state index contributed by atoms with van der Waals surface area (Å²) in [4.78, 5) is 2.44. The summed E-state index contributed by atoms with van der Waals surface area (Å²) in [5.41, 5.74) is 1.40. The number of ether oxygens (including phenoxy) is 1. The first-order valence-corrected chi connectivity index (χ1v) is 7.36. The van der Waals surface area contributed by atoms with E-state index in [1.807, 2.05) is 11.8 Å². The summed E-state index contributed by atoms with van der Waals surface area (Å²) in [6, 6.07) is 11.2. The maximum Gasteiger partial charge on any atom is 0.100 e. The second-order valence-corrected chi connectivity index (χ2v) is 5.82. The Balaban J connectivity index is 1.75. The van der Waals surface area contributed by atoms with Crippen LogP contribution in [0.15, 0.2) is 30.3 Å². The third-order valence-corrected chi connectivity index (χ3v) is 4.20. The summed E-state index contributed by atoms with van der Waals surface area (Å²) in [6.07, 6.45) is 0. The summed E-state index contributed by atoms with van der Waals surface area (Å²) in [5.74, 6) is 2.83. The summed E-state index contributed by atoms with van der Waals surface area (Å²) in [6.45, 7) is 6.23. The number of nitrogens with zero attached hydrogens (tertiary/aromatic N) is 1. The summed E-state index contributed by atoms with van der Waals surface area (Å²) in [5, 5.41) is 0. The third kappa shape index (κ3) is 3.73. The van der Waals surface area contributed by atoms with E-state index in [0.717, 1.165) is 25.0 Å². The Morgan fingerprint density at radius 3 is 2.82 bits per heavy atom. The van der Waals surface area contributed by atoms with Crippen molar-refractivity contribution in [2.75, 3.05) is 19.2 Å². The molecule has 3 heteroatoms. The zero-order chi connectivity index (χ0) is 12.1. The third-order valence-electron chi connectivity index (χ3n) is 3.15. The molecule has 0 unspecified atom stereocenters. The molecule has 2 rings (SSSR count). The smallest absolute Gasteiger partial charge is 0.100 e. The number of benzene rings is 1. The van der Waals surface area contributed by atoms with Gasteiger partial charge < -0.3 is 4.74 Å². The normalized spacial score (nSPS) is 21.2. The molecule has 1 heterocycles. The second kappa shape index (κ2) is 6.43. The lowest BCUT2D eigenvalue weighted by atomic mass is 10.1. The Bertz CT molecular complexity index is 328. The first kappa shape index (κ1) is 12.9. The van der Waals surface area contributed by atoms with E-state index in [1.54, 1.807) is 0 Å². The SMILES string of the molecule is CC(C)[C@@H]1COCN1CSCc1ccccc1. The molecule has 0 saturated carbocycles. The van der Waals surface area contributed by atoms with Gasteiger partial charge in [-0.1, -0.05) is 44.2 Å². The minimum atomic E-state index is 0.596. The molecule has 0 radical (unpaired) electrons. The molecule has 0 bridgehead atoms. The Morgan fingerprint density at radius 1 is 1.35 bits per heavy atom. The van der Waals surface area contributed by atoms with Crippen molar-refractivity contribution >= 4 is 11.8 Å². The monoisotopic (exact) mass is 251 g/mol. The summed E-state index contributed by atoms with van der Waals surface area (Å²) in [7, 11) is 0. The van der Waals surface area contributed by atoms with E-state index < -0.39 is 0 Å². The highest BCUT2D eigenvalue weighted by molar-refractivity contribution is 7.98. The quantitative estimate of drug-likeness (QED) is 0.797. The fourth-order valence-corrected chi connectivity index (χ4v) is 3.11. The molecule has 94 valence electrons. The molecule has 0 spiro atoms. The van der Waals surface area contributed by atoms with E-state index in [-0.39, 0.29) is 0 Å². The Hall–Kier alpha value is -0.510. The lowest BCUT2D eigenvalue weighted by Gasteiger charge is -2.24. The predicted octanol–water partition coefficient (Wildman–Crippen LogP) is 3.19. The van der Waals surface area contributed by atoms with Crippen LogP contribution in [0.5, 0.6) is 0 Å². The first-order chi connectivity index (χ1) is 8.27. The zero-order valence-electron chi connectivity index (χ0n) is 10.6. The molecule has 0 aromatic heterocycles. The lowest BCUT2D eigenvalue weighted by molar-refractivity contribution is 0.149. The maximum absolute atomic E-state index is 5.55. The van der Waals surface area contributed by atoms with Crippen LogP contribution in [0.25, 0.3) is 0 Å². The Labute approximate surface area is 108 Å². The minimum absolute atomic E-state index is 0.596. The van der Waals surface area contributed by atoms with Crippen LogP contribution in [0.2, 0.25) is 0 Å². The van der Waals surface area contributed by atoms with Crippen molar-refractivity contribution in [1.29, 1.82) is 0 Å². The van der Waals surface area contributed by atoms with Gasteiger partial charge in [0.1, 0.15) is 6.73 Å². The average molecular weight is 251 g/mol. The molecule has 1 atom stereocenters. The molecule has 0 N–H and O–H groups in total. The fourth-order valence-electron chi connectivity index (χ4n) is 2.09. The summed E-state index contributed by atoms with van der Waals surface area (Å²) < 4.78 is 5.55. The average Bonchev–Trinajstić information content (AvgIpc) is 2.79. The van der Waals surface area contributed by atoms with Crippen LogP contribution in [0, 0.1) is 5.92 Å². The Morgan fingerprint density at radius 2 is 2.12 bits per heavy atom. The molecule has 1 aromatic rings. The molecule has 1 aromatic carbocycles. The van der Waals surface area contributed by atoms with Gasteiger partial charge >= 0.3 is 0 Å². The van der Waals surface area contributed by atoms with Crippen molar-refractivity contribution in [1.82, 2.24) is 4.90 Å². The van der Waals surface area contributed by atoms with Crippen LogP contribution in [-0.2, 0) is 10.5 Å². The van der Waals surface area contributed by atoms with Gasteiger partial charge in [0, 0.05) is 17.7 Å². The largest absolute Gasteiger partial charge is 0.364 e. The highest BCUT2D eigenvalue weighted by atomic mass is 32.2.